The van der Waals surface area contributed by atoms with Gasteiger partial charge in [0.2, 0.25) is 0 Å². The molecule has 0 radical (unpaired) electrons. The van der Waals surface area contributed by atoms with E-state index in [0.717, 1.165) is 44.9 Å². The molecule has 0 saturated carbocycles. The third-order valence-electron chi connectivity index (χ3n) is 2.08. The lowest BCUT2D eigenvalue weighted by Crippen LogP contribution is -2.39. The van der Waals surface area contributed by atoms with Gasteiger partial charge in [0.15, 0.2) is 5.96 Å². The van der Waals surface area contributed by atoms with Crippen LogP contribution in [0, 0.1) is 0 Å². The predicted molar refractivity (Wildman–Crippen MR) is 68.3 cm³/mol. The minimum Gasteiger partial charge on any atom is -0.357 e. The highest BCUT2D eigenvalue weighted by Gasteiger charge is 2.03. The molecule has 0 atom stereocenters. The monoisotopic (exact) mass is 211 g/mol. The van der Waals surface area contributed by atoms with Crippen LogP contribution in [0.4, 0.5) is 0 Å². The first-order valence-corrected chi connectivity index (χ1v) is 5.86. The fourth-order valence-electron chi connectivity index (χ4n) is 1.27. The fraction of sp³-hybridized carbons (Fsp3) is 0.750. The average molecular weight is 211 g/mol. The van der Waals surface area contributed by atoms with Gasteiger partial charge in [0, 0.05) is 26.7 Å². The third-order valence-corrected chi connectivity index (χ3v) is 2.08. The van der Waals surface area contributed by atoms with Gasteiger partial charge < -0.3 is 10.2 Å². The van der Waals surface area contributed by atoms with E-state index >= 15 is 0 Å². The van der Waals surface area contributed by atoms with E-state index in [2.05, 4.69) is 42.7 Å². The highest BCUT2D eigenvalue weighted by molar-refractivity contribution is 5.79. The fourth-order valence-corrected chi connectivity index (χ4v) is 1.27. The largest absolute Gasteiger partial charge is 0.357 e. The van der Waals surface area contributed by atoms with Crippen molar-refractivity contribution in [1.82, 2.24) is 10.2 Å². The lowest BCUT2D eigenvalue weighted by atomic mass is 10.3. The summed E-state index contributed by atoms with van der Waals surface area (Å²) >= 11 is 0. The summed E-state index contributed by atoms with van der Waals surface area (Å²) in [7, 11) is 2.08. The van der Waals surface area contributed by atoms with E-state index < -0.39 is 0 Å². The van der Waals surface area contributed by atoms with Gasteiger partial charge in [0.25, 0.3) is 0 Å². The normalized spacial score (nSPS) is 11.3. The van der Waals surface area contributed by atoms with Gasteiger partial charge in [-0.1, -0.05) is 13.0 Å². The Morgan fingerprint density at radius 3 is 2.73 bits per heavy atom. The Labute approximate surface area is 94.3 Å². The molecular weight excluding hydrogens is 186 g/mol. The number of hydrogen-bond donors (Lipinski definition) is 1. The van der Waals surface area contributed by atoms with Crippen molar-refractivity contribution in [2.75, 3.05) is 26.7 Å². The quantitative estimate of drug-likeness (QED) is 0.303. The van der Waals surface area contributed by atoms with Crippen LogP contribution in [0.1, 0.15) is 33.1 Å². The molecule has 0 aliphatic carbocycles. The summed E-state index contributed by atoms with van der Waals surface area (Å²) in [6, 6.07) is 0. The topological polar surface area (TPSA) is 27.6 Å². The van der Waals surface area contributed by atoms with E-state index in [4.69, 9.17) is 0 Å². The maximum atomic E-state index is 4.52. The molecule has 0 spiro atoms. The molecule has 0 amide bonds. The number of unbranched alkanes of at least 4 members (excludes halogenated alkanes) is 1. The van der Waals surface area contributed by atoms with Gasteiger partial charge in [-0.15, -0.1) is 6.58 Å². The maximum absolute atomic E-state index is 4.52. The van der Waals surface area contributed by atoms with Gasteiger partial charge >= 0.3 is 0 Å². The molecule has 15 heavy (non-hydrogen) atoms. The van der Waals surface area contributed by atoms with Gasteiger partial charge in [0.1, 0.15) is 0 Å². The number of rotatable bonds is 7. The maximum Gasteiger partial charge on any atom is 0.193 e. The van der Waals surface area contributed by atoms with Gasteiger partial charge in [-0.2, -0.15) is 0 Å². The first-order chi connectivity index (χ1) is 7.26. The predicted octanol–water partition coefficient (Wildman–Crippen LogP) is 2.26. The third kappa shape index (κ3) is 7.00. The number of allylic oxidation sites excluding steroid dienone is 1. The number of nitrogens with zero attached hydrogens (tertiary/aromatic N) is 2. The van der Waals surface area contributed by atoms with Crippen molar-refractivity contribution >= 4 is 5.96 Å². The molecule has 0 aromatic rings. The first kappa shape index (κ1) is 14.0. The molecule has 0 aromatic carbocycles. The second-order valence-electron chi connectivity index (χ2n) is 3.59. The van der Waals surface area contributed by atoms with Gasteiger partial charge in [-0.25, -0.2) is 0 Å². The van der Waals surface area contributed by atoms with Crippen LogP contribution in [0.5, 0.6) is 0 Å². The minimum absolute atomic E-state index is 0.897. The Morgan fingerprint density at radius 2 is 2.20 bits per heavy atom. The van der Waals surface area contributed by atoms with Crippen LogP contribution in [-0.2, 0) is 0 Å². The molecule has 88 valence electrons. The van der Waals surface area contributed by atoms with Crippen molar-refractivity contribution < 1.29 is 0 Å². The molecule has 0 aliphatic heterocycles. The summed E-state index contributed by atoms with van der Waals surface area (Å²) in [6.45, 7) is 10.8. The summed E-state index contributed by atoms with van der Waals surface area (Å²) in [4.78, 5) is 6.70. The molecule has 0 unspecified atom stereocenters. The molecule has 0 saturated heterocycles. The molecule has 0 aromatic heterocycles. The van der Waals surface area contributed by atoms with E-state index in [-0.39, 0.29) is 0 Å². The van der Waals surface area contributed by atoms with Crippen molar-refractivity contribution in [3.05, 3.63) is 12.7 Å². The molecule has 1 N–H and O–H groups in total. The van der Waals surface area contributed by atoms with Crippen LogP contribution in [-0.4, -0.2) is 37.5 Å². The van der Waals surface area contributed by atoms with Gasteiger partial charge in [-0.3, -0.25) is 4.99 Å². The second-order valence-corrected chi connectivity index (χ2v) is 3.59. The highest BCUT2D eigenvalue weighted by atomic mass is 15.3. The lowest BCUT2D eigenvalue weighted by Gasteiger charge is -2.21. The van der Waals surface area contributed by atoms with E-state index in [1.807, 2.05) is 6.08 Å². The minimum atomic E-state index is 0.897. The highest BCUT2D eigenvalue weighted by Crippen LogP contribution is 1.95. The van der Waals surface area contributed by atoms with Crippen LogP contribution in [0.3, 0.4) is 0 Å². The molecule has 3 heteroatoms. The van der Waals surface area contributed by atoms with Crippen molar-refractivity contribution in [2.24, 2.45) is 4.99 Å². The molecule has 0 bridgehead atoms. The summed E-state index contributed by atoms with van der Waals surface area (Å²) in [6.07, 6.45) is 5.26. The first-order valence-electron chi connectivity index (χ1n) is 5.86. The number of hydrogen-bond acceptors (Lipinski definition) is 1. The van der Waals surface area contributed by atoms with Gasteiger partial charge in [-0.05, 0) is 26.2 Å². The number of guanidine groups is 1. The zero-order chi connectivity index (χ0) is 11.5. The van der Waals surface area contributed by atoms with Crippen LogP contribution in [0.25, 0.3) is 0 Å². The Morgan fingerprint density at radius 1 is 1.47 bits per heavy atom. The van der Waals surface area contributed by atoms with Crippen molar-refractivity contribution in [1.29, 1.82) is 0 Å². The van der Waals surface area contributed by atoms with E-state index in [9.17, 15) is 0 Å². The summed E-state index contributed by atoms with van der Waals surface area (Å²) < 4.78 is 0. The lowest BCUT2D eigenvalue weighted by molar-refractivity contribution is 0.470. The van der Waals surface area contributed by atoms with Crippen LogP contribution < -0.4 is 5.32 Å². The Bertz CT molecular complexity index is 187. The number of nitrogens with one attached hydrogen (secondary N) is 1. The second kappa shape index (κ2) is 9.56. The van der Waals surface area contributed by atoms with Crippen molar-refractivity contribution in [2.45, 2.75) is 33.1 Å². The SMILES string of the molecule is C=CCCCN(C)C(=NCCC)NCC. The summed E-state index contributed by atoms with van der Waals surface area (Å²) in [5.41, 5.74) is 0. The molecule has 0 fully saturated rings. The van der Waals surface area contributed by atoms with E-state index in [1.165, 1.54) is 0 Å². The summed E-state index contributed by atoms with van der Waals surface area (Å²) in [5, 5.41) is 3.29. The smallest absolute Gasteiger partial charge is 0.193 e. The standard InChI is InChI=1S/C12H25N3/c1-5-8-9-11-15(4)12(13-7-3)14-10-6-2/h5H,1,6-11H2,2-4H3,(H,13,14). The molecule has 3 nitrogen and oxygen atoms in total. The van der Waals surface area contributed by atoms with Crippen molar-refractivity contribution in [3.63, 3.8) is 0 Å². The Kier molecular flexibility index (Phi) is 8.93. The number of aliphatic imine (C=N–C) groups is 1. The summed E-state index contributed by atoms with van der Waals surface area (Å²) in [5.74, 6) is 1.02. The zero-order valence-electron chi connectivity index (χ0n) is 10.4. The molecule has 0 aliphatic rings. The zero-order valence-corrected chi connectivity index (χ0v) is 10.4. The molecule has 0 heterocycles. The van der Waals surface area contributed by atoms with E-state index in [1.54, 1.807) is 0 Å². The van der Waals surface area contributed by atoms with Crippen LogP contribution >= 0.6 is 0 Å². The molecule has 0 rings (SSSR count). The van der Waals surface area contributed by atoms with Crippen LogP contribution in [0.2, 0.25) is 0 Å². The van der Waals surface area contributed by atoms with Gasteiger partial charge in [0.05, 0.1) is 0 Å². The Hall–Kier alpha value is -0.990. The average Bonchev–Trinajstić information content (AvgIpc) is 2.24. The van der Waals surface area contributed by atoms with Crippen molar-refractivity contribution in [3.8, 4) is 0 Å². The van der Waals surface area contributed by atoms with Crippen LogP contribution in [0.15, 0.2) is 17.6 Å². The molecular formula is C12H25N3. The Balaban J connectivity index is 4.02. The van der Waals surface area contributed by atoms with E-state index in [0.29, 0.717) is 0 Å².